The molecule has 1 amide bonds. The summed E-state index contributed by atoms with van der Waals surface area (Å²) in [5, 5.41) is 5.01. The van der Waals surface area contributed by atoms with Gasteiger partial charge in [-0.1, -0.05) is 24.3 Å². The molecule has 1 aromatic heterocycles. The minimum atomic E-state index is -0.161. The molecule has 3 aromatic rings. The fourth-order valence-corrected chi connectivity index (χ4v) is 3.65. The van der Waals surface area contributed by atoms with Gasteiger partial charge < -0.3 is 4.74 Å². The van der Waals surface area contributed by atoms with Crippen LogP contribution in [-0.2, 0) is 11.3 Å². The van der Waals surface area contributed by atoms with Crippen LogP contribution in [0.4, 0.5) is 0 Å². The first-order valence-electron chi connectivity index (χ1n) is 8.90. The maximum atomic E-state index is 12.1. The maximum absolute atomic E-state index is 12.1. The Labute approximate surface area is 162 Å². The Kier molecular flexibility index (Phi) is 6.49. The largest absolute Gasteiger partial charge is 0.493 e. The molecule has 6 nitrogen and oxygen atoms in total. The van der Waals surface area contributed by atoms with Gasteiger partial charge in [0.1, 0.15) is 5.75 Å². The van der Waals surface area contributed by atoms with Crippen LogP contribution < -0.4 is 14.7 Å². The van der Waals surface area contributed by atoms with E-state index in [1.54, 1.807) is 6.21 Å². The molecule has 0 spiro atoms. The van der Waals surface area contributed by atoms with Crippen LogP contribution in [0.1, 0.15) is 19.4 Å². The van der Waals surface area contributed by atoms with E-state index >= 15 is 0 Å². The van der Waals surface area contributed by atoms with Gasteiger partial charge in [0.2, 0.25) is 0 Å². The van der Waals surface area contributed by atoms with E-state index in [9.17, 15) is 4.79 Å². The third kappa shape index (κ3) is 4.68. The molecule has 0 bridgehead atoms. The number of carbonyl (C=O) groups is 1. The Morgan fingerprint density at radius 1 is 1.22 bits per heavy atom. The van der Waals surface area contributed by atoms with E-state index < -0.39 is 0 Å². The number of rotatable bonds is 8. The number of nitrogens with one attached hydrogen (secondary N) is 2. The number of aromatic amines is 1. The van der Waals surface area contributed by atoms with Crippen molar-refractivity contribution >= 4 is 34.9 Å². The van der Waals surface area contributed by atoms with Crippen molar-refractivity contribution in [1.82, 2.24) is 10.4 Å². The standard InChI is InChI=1S/C20H22N4O2S/c1-3-24-17-11-7-6-10-16(17)22-20(24)27-14-19(25)23-21-13-15-9-5-8-12-18(15)26-4-2/h5-13H,3-4,14H2,1-2H3,(H,23,25)/p+1. The minimum Gasteiger partial charge on any atom is -0.493 e. The van der Waals surface area contributed by atoms with Gasteiger partial charge in [-0.25, -0.2) is 15.0 Å². The van der Waals surface area contributed by atoms with Crippen LogP contribution in [0.3, 0.4) is 0 Å². The molecular weight excluding hydrogens is 360 g/mol. The Morgan fingerprint density at radius 3 is 2.81 bits per heavy atom. The number of hydrogen-bond acceptors (Lipinski definition) is 4. The molecular formula is C20H23N4O2S+. The highest BCUT2D eigenvalue weighted by atomic mass is 32.2. The summed E-state index contributed by atoms with van der Waals surface area (Å²) >= 11 is 1.46. The van der Waals surface area contributed by atoms with E-state index in [2.05, 4.69) is 33.1 Å². The number of imidazole rings is 1. The fraction of sp³-hybridized carbons (Fsp3) is 0.250. The van der Waals surface area contributed by atoms with Crippen LogP contribution in [0.15, 0.2) is 58.8 Å². The van der Waals surface area contributed by atoms with Gasteiger partial charge >= 0.3 is 5.16 Å². The smallest absolute Gasteiger partial charge is 0.317 e. The van der Waals surface area contributed by atoms with Crippen LogP contribution in [-0.4, -0.2) is 29.5 Å². The molecule has 0 atom stereocenters. The van der Waals surface area contributed by atoms with Gasteiger partial charge in [-0.3, -0.25) is 4.79 Å². The second-order valence-corrected chi connectivity index (χ2v) is 6.71. The van der Waals surface area contributed by atoms with Crippen molar-refractivity contribution < 1.29 is 14.1 Å². The van der Waals surface area contributed by atoms with Gasteiger partial charge in [-0.05, 0) is 49.9 Å². The number of carbonyl (C=O) groups excluding carboxylic acids is 1. The lowest BCUT2D eigenvalue weighted by molar-refractivity contribution is -0.705. The predicted octanol–water partition coefficient (Wildman–Crippen LogP) is 3.12. The van der Waals surface area contributed by atoms with Crippen LogP contribution >= 0.6 is 11.8 Å². The minimum absolute atomic E-state index is 0.161. The molecule has 0 fully saturated rings. The number of ether oxygens (including phenoxy) is 1. The average Bonchev–Trinajstić information content (AvgIpc) is 3.05. The van der Waals surface area contributed by atoms with Gasteiger partial charge in [0, 0.05) is 5.56 Å². The molecule has 0 aliphatic carbocycles. The lowest BCUT2D eigenvalue weighted by Gasteiger charge is -2.05. The zero-order valence-electron chi connectivity index (χ0n) is 15.4. The van der Waals surface area contributed by atoms with Crippen LogP contribution in [0.5, 0.6) is 5.75 Å². The van der Waals surface area contributed by atoms with Crippen LogP contribution in [0, 0.1) is 0 Å². The maximum Gasteiger partial charge on any atom is 0.317 e. The van der Waals surface area contributed by atoms with Crippen molar-refractivity contribution in [2.75, 3.05) is 12.4 Å². The number of para-hydroxylation sites is 3. The number of fused-ring (bicyclic) bond motifs is 1. The Hall–Kier alpha value is -2.80. The van der Waals surface area contributed by atoms with Gasteiger partial charge in [0.15, 0.2) is 11.0 Å². The normalized spacial score (nSPS) is 11.2. The average molecular weight is 383 g/mol. The quantitative estimate of drug-likeness (QED) is 0.272. The first-order valence-corrected chi connectivity index (χ1v) is 9.88. The highest BCUT2D eigenvalue weighted by Crippen LogP contribution is 2.18. The van der Waals surface area contributed by atoms with Crippen molar-refractivity contribution in [2.45, 2.75) is 25.5 Å². The topological polar surface area (TPSA) is 70.4 Å². The molecule has 140 valence electrons. The number of amides is 1. The third-order valence-electron chi connectivity index (χ3n) is 3.95. The van der Waals surface area contributed by atoms with E-state index in [0.29, 0.717) is 6.61 Å². The Morgan fingerprint density at radius 2 is 2.00 bits per heavy atom. The molecule has 3 rings (SSSR count). The summed E-state index contributed by atoms with van der Waals surface area (Å²) in [6.45, 7) is 5.43. The van der Waals surface area contributed by atoms with Crippen molar-refractivity contribution in [2.24, 2.45) is 5.10 Å². The number of thioether (sulfide) groups is 1. The van der Waals surface area contributed by atoms with E-state index in [0.717, 1.165) is 34.0 Å². The van der Waals surface area contributed by atoms with Crippen molar-refractivity contribution in [3.05, 3.63) is 54.1 Å². The van der Waals surface area contributed by atoms with Crippen molar-refractivity contribution in [1.29, 1.82) is 0 Å². The van der Waals surface area contributed by atoms with E-state index in [1.165, 1.54) is 11.8 Å². The number of nitrogens with zero attached hydrogens (tertiary/aromatic N) is 2. The van der Waals surface area contributed by atoms with Gasteiger partial charge in [-0.15, -0.1) is 0 Å². The highest BCUT2D eigenvalue weighted by Gasteiger charge is 2.18. The third-order valence-corrected chi connectivity index (χ3v) is 4.95. The molecule has 0 saturated heterocycles. The van der Waals surface area contributed by atoms with Gasteiger partial charge in [-0.2, -0.15) is 5.10 Å². The van der Waals surface area contributed by atoms with E-state index in [4.69, 9.17) is 4.74 Å². The number of aryl methyl sites for hydroxylation is 1. The molecule has 0 saturated carbocycles. The molecule has 1 heterocycles. The van der Waals surface area contributed by atoms with E-state index in [-0.39, 0.29) is 11.7 Å². The summed E-state index contributed by atoms with van der Waals surface area (Å²) in [5.74, 6) is 0.859. The number of H-pyrrole nitrogens is 1. The Bertz CT molecular complexity index is 952. The summed E-state index contributed by atoms with van der Waals surface area (Å²) in [6, 6.07) is 15.7. The first kappa shape index (κ1) is 19.0. The molecule has 7 heteroatoms. The summed E-state index contributed by atoms with van der Waals surface area (Å²) < 4.78 is 7.70. The monoisotopic (exact) mass is 383 g/mol. The zero-order chi connectivity index (χ0) is 19.1. The second kappa shape index (κ2) is 9.23. The highest BCUT2D eigenvalue weighted by molar-refractivity contribution is 7.99. The summed E-state index contributed by atoms with van der Waals surface area (Å²) in [4.78, 5) is 15.5. The zero-order valence-corrected chi connectivity index (χ0v) is 16.3. The molecule has 2 aromatic carbocycles. The van der Waals surface area contributed by atoms with Crippen LogP contribution in [0.2, 0.25) is 0 Å². The first-order chi connectivity index (χ1) is 13.2. The summed E-state index contributed by atoms with van der Waals surface area (Å²) in [7, 11) is 0. The lowest BCUT2D eigenvalue weighted by atomic mass is 10.2. The molecule has 0 unspecified atom stereocenters. The molecule has 27 heavy (non-hydrogen) atoms. The molecule has 2 N–H and O–H groups in total. The van der Waals surface area contributed by atoms with Crippen LogP contribution in [0.25, 0.3) is 11.0 Å². The fourth-order valence-electron chi connectivity index (χ4n) is 2.75. The molecule has 0 aliphatic heterocycles. The van der Waals surface area contributed by atoms with Crippen molar-refractivity contribution in [3.63, 3.8) is 0 Å². The lowest BCUT2D eigenvalue weighted by Crippen LogP contribution is -2.34. The SMILES string of the molecule is CCOc1ccccc1C=NNC(=O)CSc1[nH]c2ccccc2[n+]1CC. The number of benzene rings is 2. The summed E-state index contributed by atoms with van der Waals surface area (Å²) in [6.07, 6.45) is 1.60. The van der Waals surface area contributed by atoms with Gasteiger partial charge in [0.05, 0.1) is 25.1 Å². The van der Waals surface area contributed by atoms with E-state index in [1.807, 2.05) is 49.4 Å². The number of aromatic nitrogens is 2. The molecule has 0 aliphatic rings. The van der Waals surface area contributed by atoms with Gasteiger partial charge in [0.25, 0.3) is 5.91 Å². The van der Waals surface area contributed by atoms with Crippen molar-refractivity contribution in [3.8, 4) is 5.75 Å². The predicted molar refractivity (Wildman–Crippen MR) is 108 cm³/mol. The number of hydrogen-bond donors (Lipinski definition) is 2. The summed E-state index contributed by atoms with van der Waals surface area (Å²) in [5.41, 5.74) is 5.59. The number of hydrazone groups is 1. The molecule has 0 radical (unpaired) electrons. The Balaban J connectivity index is 1.59. The second-order valence-electron chi connectivity index (χ2n) is 5.74.